The summed E-state index contributed by atoms with van der Waals surface area (Å²) in [5.41, 5.74) is 1.57. The standard InChI is InChI=1S/C30H46O3/c1-25(2)19-9-13-29(6)20-8-12-26(3)16-17-27(4,24(32)33)18-22(26)30(20,7)14-10-21(29)28(19,5)15-11-23(25)31/h8,19,21-22H,9-18H2,1-7H3,(H,32,33)/t19?,21?,22?,26-,27+,28-,29-,30+/m0/s1. The lowest BCUT2D eigenvalue weighted by Crippen LogP contribution is -2.62. The summed E-state index contributed by atoms with van der Waals surface area (Å²) in [6.07, 6.45) is 12.9. The first-order valence-corrected chi connectivity index (χ1v) is 13.6. The van der Waals surface area contributed by atoms with Gasteiger partial charge in [-0.25, -0.2) is 0 Å². The molecule has 33 heavy (non-hydrogen) atoms. The van der Waals surface area contributed by atoms with Gasteiger partial charge < -0.3 is 5.11 Å². The van der Waals surface area contributed by atoms with Crippen LogP contribution in [-0.4, -0.2) is 16.9 Å². The summed E-state index contributed by atoms with van der Waals surface area (Å²) in [6.45, 7) is 16.4. The van der Waals surface area contributed by atoms with Crippen LogP contribution >= 0.6 is 0 Å². The molecule has 0 radical (unpaired) electrons. The molecule has 3 unspecified atom stereocenters. The highest BCUT2D eigenvalue weighted by Gasteiger charge is 2.67. The molecule has 5 aliphatic rings. The zero-order valence-electron chi connectivity index (χ0n) is 22.1. The zero-order chi connectivity index (χ0) is 24.2. The summed E-state index contributed by atoms with van der Waals surface area (Å²) in [4.78, 5) is 25.1. The Hall–Kier alpha value is -1.12. The van der Waals surface area contributed by atoms with Crippen LogP contribution in [0.4, 0.5) is 0 Å². The Morgan fingerprint density at radius 3 is 2.09 bits per heavy atom. The number of carboxylic acid groups (broad SMARTS) is 1. The van der Waals surface area contributed by atoms with Crippen molar-refractivity contribution in [2.75, 3.05) is 0 Å². The van der Waals surface area contributed by atoms with E-state index in [1.54, 1.807) is 5.57 Å². The molecule has 3 nitrogen and oxygen atoms in total. The lowest BCUT2D eigenvalue weighted by molar-refractivity contribution is -0.172. The van der Waals surface area contributed by atoms with Gasteiger partial charge in [-0.2, -0.15) is 0 Å². The van der Waals surface area contributed by atoms with Crippen molar-refractivity contribution in [2.45, 2.75) is 113 Å². The Bertz CT molecular complexity index is 931. The molecule has 3 heteroatoms. The Morgan fingerprint density at radius 1 is 0.848 bits per heavy atom. The van der Waals surface area contributed by atoms with Crippen LogP contribution in [0.1, 0.15) is 113 Å². The molecule has 1 N–H and O–H groups in total. The maximum atomic E-state index is 12.9. The highest BCUT2D eigenvalue weighted by Crippen LogP contribution is 2.74. The van der Waals surface area contributed by atoms with E-state index in [1.807, 2.05) is 6.92 Å². The number of hydrogen-bond acceptors (Lipinski definition) is 2. The third-order valence-electron chi connectivity index (χ3n) is 12.8. The fourth-order valence-electron chi connectivity index (χ4n) is 10.7. The Kier molecular flexibility index (Phi) is 4.83. The van der Waals surface area contributed by atoms with Crippen LogP contribution in [0, 0.1) is 50.2 Å². The van der Waals surface area contributed by atoms with Crippen LogP contribution in [0.3, 0.4) is 0 Å². The average Bonchev–Trinajstić information content (AvgIpc) is 2.71. The predicted molar refractivity (Wildman–Crippen MR) is 132 cm³/mol. The molecule has 184 valence electrons. The van der Waals surface area contributed by atoms with E-state index >= 15 is 0 Å². The van der Waals surface area contributed by atoms with E-state index in [-0.39, 0.29) is 27.1 Å². The van der Waals surface area contributed by atoms with Crippen LogP contribution in [-0.2, 0) is 9.59 Å². The first-order chi connectivity index (χ1) is 15.1. The summed E-state index contributed by atoms with van der Waals surface area (Å²) < 4.78 is 0. The van der Waals surface area contributed by atoms with Crippen LogP contribution in [0.2, 0.25) is 0 Å². The predicted octanol–water partition coefficient (Wildman–Crippen LogP) is 7.44. The quantitative estimate of drug-likeness (QED) is 0.419. The smallest absolute Gasteiger partial charge is 0.309 e. The van der Waals surface area contributed by atoms with Gasteiger partial charge in [0.25, 0.3) is 0 Å². The first kappa shape index (κ1) is 23.6. The number of ketones is 1. The Morgan fingerprint density at radius 2 is 1.45 bits per heavy atom. The normalized spacial score (nSPS) is 53.1. The fraction of sp³-hybridized carbons (Fsp3) is 0.867. The van der Waals surface area contributed by atoms with Gasteiger partial charge in [-0.1, -0.05) is 53.2 Å². The van der Waals surface area contributed by atoms with Crippen molar-refractivity contribution in [3.63, 3.8) is 0 Å². The second-order valence-corrected chi connectivity index (χ2v) is 14.8. The third-order valence-corrected chi connectivity index (χ3v) is 12.8. The van der Waals surface area contributed by atoms with Crippen molar-refractivity contribution >= 4 is 11.8 Å². The maximum absolute atomic E-state index is 12.9. The van der Waals surface area contributed by atoms with Crippen LogP contribution in [0.15, 0.2) is 11.6 Å². The number of carboxylic acids is 1. The van der Waals surface area contributed by atoms with Gasteiger partial charge in [-0.15, -0.1) is 0 Å². The van der Waals surface area contributed by atoms with Crippen LogP contribution < -0.4 is 0 Å². The number of rotatable bonds is 1. The van der Waals surface area contributed by atoms with Gasteiger partial charge in [0.1, 0.15) is 5.78 Å². The zero-order valence-corrected chi connectivity index (χ0v) is 22.1. The first-order valence-electron chi connectivity index (χ1n) is 13.6. The number of fused-ring (bicyclic) bond motifs is 7. The summed E-state index contributed by atoms with van der Waals surface area (Å²) in [5.74, 6) is 1.40. The van der Waals surface area contributed by atoms with Gasteiger partial charge >= 0.3 is 5.97 Å². The minimum Gasteiger partial charge on any atom is -0.481 e. The highest BCUT2D eigenvalue weighted by atomic mass is 16.4. The van der Waals surface area contributed by atoms with E-state index in [9.17, 15) is 14.7 Å². The van der Waals surface area contributed by atoms with Gasteiger partial charge in [0, 0.05) is 11.8 Å². The largest absolute Gasteiger partial charge is 0.481 e. The molecular formula is C30H46O3. The highest BCUT2D eigenvalue weighted by molar-refractivity contribution is 5.85. The van der Waals surface area contributed by atoms with Gasteiger partial charge in [-0.3, -0.25) is 9.59 Å². The van der Waals surface area contributed by atoms with Gasteiger partial charge in [-0.05, 0) is 104 Å². The molecule has 0 spiro atoms. The molecule has 0 saturated heterocycles. The molecule has 0 aliphatic heterocycles. The third kappa shape index (κ3) is 2.86. The van der Waals surface area contributed by atoms with E-state index < -0.39 is 11.4 Å². The monoisotopic (exact) mass is 454 g/mol. The molecule has 0 aromatic rings. The number of carbonyl (C=O) groups is 2. The molecule has 5 aliphatic carbocycles. The summed E-state index contributed by atoms with van der Waals surface area (Å²) in [7, 11) is 0. The minimum absolute atomic E-state index is 0.0958. The summed E-state index contributed by atoms with van der Waals surface area (Å²) >= 11 is 0. The molecule has 0 amide bonds. The van der Waals surface area contributed by atoms with Crippen molar-refractivity contribution < 1.29 is 14.7 Å². The second kappa shape index (κ2) is 6.76. The molecule has 5 rings (SSSR count). The van der Waals surface area contributed by atoms with Gasteiger partial charge in [0.15, 0.2) is 0 Å². The molecule has 8 atom stereocenters. The van der Waals surface area contributed by atoms with Crippen LogP contribution in [0.5, 0.6) is 0 Å². The average molecular weight is 455 g/mol. The molecule has 0 bridgehead atoms. The van der Waals surface area contributed by atoms with Crippen molar-refractivity contribution in [3.05, 3.63) is 11.6 Å². The number of carbonyl (C=O) groups excluding carboxylic acids is 1. The molecule has 4 saturated carbocycles. The van der Waals surface area contributed by atoms with E-state index in [4.69, 9.17) is 0 Å². The minimum atomic E-state index is -0.605. The molecule has 0 aromatic carbocycles. The number of hydrogen-bond donors (Lipinski definition) is 1. The van der Waals surface area contributed by atoms with E-state index in [2.05, 4.69) is 47.6 Å². The number of Topliss-reactive ketones (excluding diaryl/α,β-unsaturated/α-hetero) is 1. The van der Waals surface area contributed by atoms with Crippen molar-refractivity contribution in [1.29, 1.82) is 0 Å². The van der Waals surface area contributed by atoms with Crippen molar-refractivity contribution in [1.82, 2.24) is 0 Å². The van der Waals surface area contributed by atoms with Crippen LogP contribution in [0.25, 0.3) is 0 Å². The number of aliphatic carboxylic acids is 1. The maximum Gasteiger partial charge on any atom is 0.309 e. The van der Waals surface area contributed by atoms with E-state index in [0.717, 1.165) is 44.9 Å². The summed E-state index contributed by atoms with van der Waals surface area (Å²) in [6, 6.07) is 0. The Balaban J connectivity index is 1.56. The molecule has 4 fully saturated rings. The number of allylic oxidation sites excluding steroid dienone is 2. The second-order valence-electron chi connectivity index (χ2n) is 14.8. The van der Waals surface area contributed by atoms with E-state index in [0.29, 0.717) is 23.5 Å². The molecular weight excluding hydrogens is 408 g/mol. The molecule has 0 heterocycles. The van der Waals surface area contributed by atoms with Gasteiger partial charge in [0.2, 0.25) is 0 Å². The lowest BCUT2D eigenvalue weighted by Gasteiger charge is -2.69. The Labute approximate surface area is 201 Å². The lowest BCUT2D eigenvalue weighted by atomic mass is 9.35. The van der Waals surface area contributed by atoms with Crippen molar-refractivity contribution in [3.8, 4) is 0 Å². The van der Waals surface area contributed by atoms with E-state index in [1.165, 1.54) is 19.3 Å². The summed E-state index contributed by atoms with van der Waals surface area (Å²) in [5, 5.41) is 10.1. The van der Waals surface area contributed by atoms with Crippen molar-refractivity contribution in [2.24, 2.45) is 50.2 Å². The van der Waals surface area contributed by atoms with Gasteiger partial charge in [0.05, 0.1) is 5.41 Å². The SMILES string of the molecule is CC1(C)C(=O)CC[C@@]2(C)C1CC[C@@]1(C)C3=CC[C@@]4(C)CC[C@@](C)(C(=O)O)CC4[C@]3(C)CCC21. The topological polar surface area (TPSA) is 54.4 Å². The molecule has 0 aromatic heterocycles. The fourth-order valence-corrected chi connectivity index (χ4v) is 10.7.